The van der Waals surface area contributed by atoms with E-state index in [1.54, 1.807) is 0 Å². The van der Waals surface area contributed by atoms with E-state index in [-0.39, 0.29) is 16.7 Å². The van der Waals surface area contributed by atoms with E-state index in [2.05, 4.69) is 0 Å². The van der Waals surface area contributed by atoms with Gasteiger partial charge in [0, 0.05) is 6.42 Å². The van der Waals surface area contributed by atoms with Gasteiger partial charge in [-0.15, -0.1) is 0 Å². The van der Waals surface area contributed by atoms with Gasteiger partial charge in [-0.3, -0.25) is 5.41 Å². The van der Waals surface area contributed by atoms with E-state index < -0.39 is 0 Å². The van der Waals surface area contributed by atoms with Crippen LogP contribution in [-0.2, 0) is 0 Å². The Morgan fingerprint density at radius 2 is 2.19 bits per heavy atom. The van der Waals surface area contributed by atoms with E-state index in [9.17, 15) is 4.39 Å². The monoisotopic (exact) mass is 244 g/mol. The molecule has 0 atom stereocenters. The molecule has 0 heterocycles. The maximum absolute atomic E-state index is 12.7. The summed E-state index contributed by atoms with van der Waals surface area (Å²) in [6.45, 7) is 0.485. The maximum atomic E-state index is 12.7. The summed E-state index contributed by atoms with van der Waals surface area (Å²) in [7, 11) is 0. The van der Waals surface area contributed by atoms with Crippen LogP contribution < -0.4 is 10.5 Å². The minimum absolute atomic E-state index is 0.180. The molecule has 88 valence electrons. The molecule has 0 unspecified atom stereocenters. The van der Waals surface area contributed by atoms with Crippen molar-refractivity contribution in [3.05, 3.63) is 29.0 Å². The molecule has 0 aliphatic carbocycles. The summed E-state index contributed by atoms with van der Waals surface area (Å²) >= 11 is 5.77. The minimum Gasteiger partial charge on any atom is -0.492 e. The van der Waals surface area contributed by atoms with Crippen LogP contribution in [0, 0.1) is 11.2 Å². The third-order valence-corrected chi connectivity index (χ3v) is 2.29. The van der Waals surface area contributed by atoms with Crippen LogP contribution in [0.15, 0.2) is 18.2 Å². The van der Waals surface area contributed by atoms with Gasteiger partial charge < -0.3 is 10.5 Å². The second kappa shape index (κ2) is 6.33. The van der Waals surface area contributed by atoms with Crippen LogP contribution in [0.3, 0.4) is 0 Å². The molecule has 0 aromatic heterocycles. The molecular formula is C11H14ClFN2O. The van der Waals surface area contributed by atoms with Gasteiger partial charge in [0.1, 0.15) is 11.6 Å². The number of benzene rings is 1. The second-order valence-corrected chi connectivity index (χ2v) is 3.81. The van der Waals surface area contributed by atoms with Gasteiger partial charge in [-0.05, 0) is 31.0 Å². The number of unbranched alkanes of at least 4 members (excludes halogenated alkanes) is 1. The Bertz CT molecular complexity index is 371. The lowest BCUT2D eigenvalue weighted by atomic mass is 10.2. The zero-order valence-electron chi connectivity index (χ0n) is 8.80. The average Bonchev–Trinajstić information content (AvgIpc) is 2.20. The first kappa shape index (κ1) is 12.8. The van der Waals surface area contributed by atoms with E-state index in [1.807, 2.05) is 0 Å². The molecule has 0 aliphatic heterocycles. The second-order valence-electron chi connectivity index (χ2n) is 3.41. The minimum atomic E-state index is -0.381. The maximum Gasteiger partial charge on any atom is 0.138 e. The molecule has 0 saturated heterocycles. The number of rotatable bonds is 6. The van der Waals surface area contributed by atoms with Crippen molar-refractivity contribution in [2.75, 3.05) is 6.61 Å². The Morgan fingerprint density at radius 3 is 2.81 bits per heavy atom. The molecule has 0 fully saturated rings. The Morgan fingerprint density at radius 1 is 1.44 bits per heavy atom. The zero-order chi connectivity index (χ0) is 12.0. The van der Waals surface area contributed by atoms with Crippen molar-refractivity contribution in [1.82, 2.24) is 0 Å². The summed E-state index contributed by atoms with van der Waals surface area (Å²) in [5.41, 5.74) is 5.21. The van der Waals surface area contributed by atoms with Crippen molar-refractivity contribution in [3.63, 3.8) is 0 Å². The number of halogens is 2. The predicted octanol–water partition coefficient (Wildman–Crippen LogP) is 2.96. The first-order chi connectivity index (χ1) is 7.59. The van der Waals surface area contributed by atoms with Gasteiger partial charge in [0.2, 0.25) is 0 Å². The van der Waals surface area contributed by atoms with E-state index in [0.29, 0.717) is 18.8 Å². The van der Waals surface area contributed by atoms with Crippen molar-refractivity contribution >= 4 is 17.4 Å². The molecule has 5 heteroatoms. The van der Waals surface area contributed by atoms with Crippen LogP contribution in [0.4, 0.5) is 4.39 Å². The molecule has 1 aromatic carbocycles. The molecular weight excluding hydrogens is 231 g/mol. The van der Waals surface area contributed by atoms with Crippen LogP contribution in [-0.4, -0.2) is 12.4 Å². The Hall–Kier alpha value is -1.29. The summed E-state index contributed by atoms with van der Waals surface area (Å²) in [5, 5.41) is 7.30. The molecule has 0 bridgehead atoms. The summed E-state index contributed by atoms with van der Waals surface area (Å²) in [6.07, 6.45) is 2.15. The van der Waals surface area contributed by atoms with Gasteiger partial charge in [0.05, 0.1) is 17.5 Å². The highest BCUT2D eigenvalue weighted by Gasteiger charge is 2.02. The van der Waals surface area contributed by atoms with Crippen molar-refractivity contribution in [3.8, 4) is 5.75 Å². The Kier molecular flexibility index (Phi) is 5.05. The van der Waals surface area contributed by atoms with Crippen LogP contribution in [0.5, 0.6) is 5.75 Å². The number of amidine groups is 1. The molecule has 0 amide bonds. The van der Waals surface area contributed by atoms with Crippen molar-refractivity contribution < 1.29 is 9.13 Å². The van der Waals surface area contributed by atoms with Crippen LogP contribution >= 0.6 is 11.6 Å². The van der Waals surface area contributed by atoms with Gasteiger partial charge in [-0.25, -0.2) is 4.39 Å². The van der Waals surface area contributed by atoms with Gasteiger partial charge in [0.25, 0.3) is 0 Å². The summed E-state index contributed by atoms with van der Waals surface area (Å²) in [5.74, 6) is 0.277. The van der Waals surface area contributed by atoms with Gasteiger partial charge >= 0.3 is 0 Å². The third-order valence-electron chi connectivity index (χ3n) is 1.99. The van der Waals surface area contributed by atoms with Gasteiger partial charge in [-0.1, -0.05) is 11.6 Å². The molecule has 16 heavy (non-hydrogen) atoms. The first-order valence-corrected chi connectivity index (χ1v) is 5.38. The largest absolute Gasteiger partial charge is 0.492 e. The number of ether oxygens (including phenoxy) is 1. The topological polar surface area (TPSA) is 59.1 Å². The molecule has 1 rings (SSSR count). The summed E-state index contributed by atoms with van der Waals surface area (Å²) < 4.78 is 18.1. The quantitative estimate of drug-likeness (QED) is 0.459. The molecule has 0 spiro atoms. The zero-order valence-corrected chi connectivity index (χ0v) is 9.56. The van der Waals surface area contributed by atoms with Crippen LogP contribution in [0.25, 0.3) is 0 Å². The van der Waals surface area contributed by atoms with Crippen molar-refractivity contribution in [2.24, 2.45) is 5.73 Å². The fourth-order valence-corrected chi connectivity index (χ4v) is 1.41. The van der Waals surface area contributed by atoms with E-state index in [0.717, 1.165) is 12.8 Å². The average molecular weight is 245 g/mol. The van der Waals surface area contributed by atoms with Gasteiger partial charge in [-0.2, -0.15) is 0 Å². The van der Waals surface area contributed by atoms with E-state index >= 15 is 0 Å². The molecule has 3 nitrogen and oxygen atoms in total. The molecule has 1 aromatic rings. The number of nitrogens with two attached hydrogens (primary N) is 1. The third kappa shape index (κ3) is 4.49. The standard InChI is InChI=1S/C11H14ClFN2O/c12-9-7-8(13)4-5-10(9)16-6-2-1-3-11(14)15/h4-5,7H,1-3,6H2,(H3,14,15). The number of hydrogen-bond acceptors (Lipinski definition) is 2. The van der Waals surface area contributed by atoms with Crippen LogP contribution in [0.1, 0.15) is 19.3 Å². The Labute approximate surface area is 98.9 Å². The van der Waals surface area contributed by atoms with E-state index in [1.165, 1.54) is 18.2 Å². The van der Waals surface area contributed by atoms with Crippen molar-refractivity contribution in [1.29, 1.82) is 5.41 Å². The summed E-state index contributed by atoms with van der Waals surface area (Å²) in [6, 6.07) is 4.02. The fraction of sp³-hybridized carbons (Fsp3) is 0.364. The molecule has 0 saturated carbocycles. The molecule has 0 radical (unpaired) electrons. The normalized spacial score (nSPS) is 10.1. The smallest absolute Gasteiger partial charge is 0.138 e. The fourth-order valence-electron chi connectivity index (χ4n) is 1.19. The first-order valence-electron chi connectivity index (χ1n) is 5.00. The SMILES string of the molecule is N=C(N)CCCCOc1ccc(F)cc1Cl. The lowest BCUT2D eigenvalue weighted by Crippen LogP contribution is -2.09. The highest BCUT2D eigenvalue weighted by molar-refractivity contribution is 6.32. The van der Waals surface area contributed by atoms with E-state index in [4.69, 9.17) is 27.5 Å². The highest BCUT2D eigenvalue weighted by atomic mass is 35.5. The van der Waals surface area contributed by atoms with Gasteiger partial charge in [0.15, 0.2) is 0 Å². The van der Waals surface area contributed by atoms with Crippen LogP contribution in [0.2, 0.25) is 5.02 Å². The lowest BCUT2D eigenvalue weighted by Gasteiger charge is -2.07. The highest BCUT2D eigenvalue weighted by Crippen LogP contribution is 2.24. The Balaban J connectivity index is 2.29. The molecule has 0 aliphatic rings. The summed E-state index contributed by atoms with van der Waals surface area (Å²) in [4.78, 5) is 0. The van der Waals surface area contributed by atoms with Crippen molar-refractivity contribution in [2.45, 2.75) is 19.3 Å². The number of nitrogens with one attached hydrogen (secondary N) is 1. The predicted molar refractivity (Wildman–Crippen MR) is 62.7 cm³/mol. The lowest BCUT2D eigenvalue weighted by molar-refractivity contribution is 0.307. The number of hydrogen-bond donors (Lipinski definition) is 2. The molecule has 3 N–H and O–H groups in total.